The Kier molecular flexibility index (Phi) is 5.55. The van der Waals surface area contributed by atoms with Crippen molar-refractivity contribution < 1.29 is 9.53 Å². The van der Waals surface area contributed by atoms with Gasteiger partial charge in [0, 0.05) is 18.8 Å². The van der Waals surface area contributed by atoms with Crippen molar-refractivity contribution in [3.8, 4) is 0 Å². The molecule has 1 aliphatic heterocycles. The summed E-state index contributed by atoms with van der Waals surface area (Å²) in [5.74, 6) is 0. The molecule has 1 atom stereocenters. The minimum Gasteiger partial charge on any atom is -0.444 e. The van der Waals surface area contributed by atoms with E-state index >= 15 is 0 Å². The standard InChI is InChI=1S/C19H30N2O2/c1-14-9-8-10-15(2)17(14)20-13-16-11-6-7-12-21(16)18(22)23-19(3,4)5/h8-10,16,20H,6-7,11-13H2,1-5H3. The summed E-state index contributed by atoms with van der Waals surface area (Å²) in [5, 5.41) is 3.55. The van der Waals surface area contributed by atoms with Crippen LogP contribution in [0.15, 0.2) is 18.2 Å². The van der Waals surface area contributed by atoms with Gasteiger partial charge < -0.3 is 15.0 Å². The molecule has 128 valence electrons. The maximum atomic E-state index is 12.4. The number of ether oxygens (including phenoxy) is 1. The first-order valence-electron chi connectivity index (χ1n) is 8.57. The van der Waals surface area contributed by atoms with E-state index in [2.05, 4.69) is 37.4 Å². The smallest absolute Gasteiger partial charge is 0.410 e. The molecule has 1 unspecified atom stereocenters. The number of para-hydroxylation sites is 1. The molecule has 1 heterocycles. The van der Waals surface area contributed by atoms with Crippen molar-refractivity contribution in [1.29, 1.82) is 0 Å². The van der Waals surface area contributed by atoms with Gasteiger partial charge in [0.25, 0.3) is 0 Å². The van der Waals surface area contributed by atoms with Gasteiger partial charge in [-0.1, -0.05) is 18.2 Å². The largest absolute Gasteiger partial charge is 0.444 e. The molecule has 0 aliphatic carbocycles. The fourth-order valence-corrected chi connectivity index (χ4v) is 3.09. The van der Waals surface area contributed by atoms with E-state index in [9.17, 15) is 4.79 Å². The number of piperidine rings is 1. The van der Waals surface area contributed by atoms with E-state index in [0.717, 1.165) is 25.9 Å². The molecule has 1 aliphatic rings. The van der Waals surface area contributed by atoms with Crippen molar-refractivity contribution in [1.82, 2.24) is 4.90 Å². The van der Waals surface area contributed by atoms with Gasteiger partial charge in [0.1, 0.15) is 5.60 Å². The van der Waals surface area contributed by atoms with Crippen molar-refractivity contribution in [2.24, 2.45) is 0 Å². The van der Waals surface area contributed by atoms with Gasteiger partial charge in [0.05, 0.1) is 6.04 Å². The Balaban J connectivity index is 2.03. The second-order valence-electron chi connectivity index (χ2n) is 7.47. The van der Waals surface area contributed by atoms with Crippen LogP contribution in [0.4, 0.5) is 10.5 Å². The Morgan fingerprint density at radius 2 is 1.91 bits per heavy atom. The Hall–Kier alpha value is -1.71. The highest BCUT2D eigenvalue weighted by atomic mass is 16.6. The number of carbonyl (C=O) groups excluding carboxylic acids is 1. The summed E-state index contributed by atoms with van der Waals surface area (Å²) in [4.78, 5) is 14.3. The molecule has 0 saturated carbocycles. The summed E-state index contributed by atoms with van der Waals surface area (Å²) in [7, 11) is 0. The molecule has 0 spiro atoms. The Bertz CT molecular complexity index is 529. The first kappa shape index (κ1) is 17.6. The number of hydrogen-bond acceptors (Lipinski definition) is 3. The van der Waals surface area contributed by atoms with Crippen LogP contribution in [-0.2, 0) is 4.74 Å². The molecular formula is C19H30N2O2. The normalized spacial score (nSPS) is 18.7. The molecule has 1 amide bonds. The zero-order valence-corrected chi connectivity index (χ0v) is 15.1. The van der Waals surface area contributed by atoms with Gasteiger partial charge in [-0.15, -0.1) is 0 Å². The van der Waals surface area contributed by atoms with Gasteiger partial charge in [-0.05, 0) is 65.0 Å². The lowest BCUT2D eigenvalue weighted by molar-refractivity contribution is 0.0114. The van der Waals surface area contributed by atoms with E-state index in [-0.39, 0.29) is 12.1 Å². The van der Waals surface area contributed by atoms with Gasteiger partial charge >= 0.3 is 6.09 Å². The Morgan fingerprint density at radius 3 is 2.52 bits per heavy atom. The SMILES string of the molecule is Cc1cccc(C)c1NCC1CCCCN1C(=O)OC(C)(C)C. The average Bonchev–Trinajstić information content (AvgIpc) is 2.45. The first-order valence-corrected chi connectivity index (χ1v) is 8.57. The molecule has 1 saturated heterocycles. The maximum absolute atomic E-state index is 12.4. The summed E-state index contributed by atoms with van der Waals surface area (Å²) in [6, 6.07) is 6.49. The number of anilines is 1. The average molecular weight is 318 g/mol. The second kappa shape index (κ2) is 7.24. The molecular weight excluding hydrogens is 288 g/mol. The third kappa shape index (κ3) is 4.88. The number of amides is 1. The van der Waals surface area contributed by atoms with Gasteiger partial charge in [-0.3, -0.25) is 0 Å². The van der Waals surface area contributed by atoms with Gasteiger partial charge in [-0.2, -0.15) is 0 Å². The van der Waals surface area contributed by atoms with Crippen molar-refractivity contribution in [2.75, 3.05) is 18.4 Å². The van der Waals surface area contributed by atoms with Gasteiger partial charge in [-0.25, -0.2) is 4.79 Å². The minimum atomic E-state index is -0.445. The molecule has 1 aromatic rings. The highest BCUT2D eigenvalue weighted by Crippen LogP contribution is 2.23. The van der Waals surface area contributed by atoms with Crippen LogP contribution in [0.1, 0.15) is 51.2 Å². The van der Waals surface area contributed by atoms with Gasteiger partial charge in [0.15, 0.2) is 0 Å². The zero-order valence-electron chi connectivity index (χ0n) is 15.1. The molecule has 4 heteroatoms. The zero-order chi connectivity index (χ0) is 17.0. The first-order chi connectivity index (χ1) is 10.8. The number of rotatable bonds is 3. The topological polar surface area (TPSA) is 41.6 Å². The second-order valence-corrected chi connectivity index (χ2v) is 7.47. The lowest BCUT2D eigenvalue weighted by Crippen LogP contribution is -2.49. The van der Waals surface area contributed by atoms with E-state index in [1.807, 2.05) is 25.7 Å². The quantitative estimate of drug-likeness (QED) is 0.892. The van der Waals surface area contributed by atoms with Crippen LogP contribution < -0.4 is 5.32 Å². The predicted octanol–water partition coefficient (Wildman–Crippen LogP) is 4.50. The molecule has 0 radical (unpaired) electrons. The van der Waals surface area contributed by atoms with E-state index in [1.54, 1.807) is 0 Å². The number of nitrogens with zero attached hydrogens (tertiary/aromatic N) is 1. The number of aryl methyl sites for hydroxylation is 2. The van der Waals surface area contributed by atoms with Crippen LogP contribution in [0.5, 0.6) is 0 Å². The maximum Gasteiger partial charge on any atom is 0.410 e. The molecule has 2 rings (SSSR count). The van der Waals surface area contributed by atoms with Gasteiger partial charge in [0.2, 0.25) is 0 Å². The van der Waals surface area contributed by atoms with Crippen molar-refractivity contribution in [3.05, 3.63) is 29.3 Å². The monoisotopic (exact) mass is 318 g/mol. The van der Waals surface area contributed by atoms with Crippen LogP contribution in [0.25, 0.3) is 0 Å². The third-order valence-electron chi connectivity index (χ3n) is 4.25. The van der Waals surface area contributed by atoms with E-state index in [4.69, 9.17) is 4.74 Å². The molecule has 1 N–H and O–H groups in total. The summed E-state index contributed by atoms with van der Waals surface area (Å²) >= 11 is 0. The molecule has 0 bridgehead atoms. The van der Waals surface area contributed by atoms with E-state index in [1.165, 1.54) is 23.2 Å². The Labute approximate surface area is 140 Å². The highest BCUT2D eigenvalue weighted by molar-refractivity contribution is 5.69. The Morgan fingerprint density at radius 1 is 1.26 bits per heavy atom. The summed E-state index contributed by atoms with van der Waals surface area (Å²) in [6.45, 7) is 11.5. The van der Waals surface area contributed by atoms with Crippen molar-refractivity contribution in [3.63, 3.8) is 0 Å². The molecule has 0 aromatic heterocycles. The van der Waals surface area contributed by atoms with Crippen LogP contribution in [0, 0.1) is 13.8 Å². The van der Waals surface area contributed by atoms with Crippen LogP contribution in [0.2, 0.25) is 0 Å². The number of likely N-dealkylation sites (tertiary alicyclic amines) is 1. The number of nitrogens with one attached hydrogen (secondary N) is 1. The summed E-state index contributed by atoms with van der Waals surface area (Å²) in [5.41, 5.74) is 3.22. The van der Waals surface area contributed by atoms with Crippen LogP contribution in [0.3, 0.4) is 0 Å². The van der Waals surface area contributed by atoms with E-state index < -0.39 is 5.60 Å². The lowest BCUT2D eigenvalue weighted by Gasteiger charge is -2.37. The van der Waals surface area contributed by atoms with Crippen molar-refractivity contribution >= 4 is 11.8 Å². The highest BCUT2D eigenvalue weighted by Gasteiger charge is 2.30. The van der Waals surface area contributed by atoms with E-state index in [0.29, 0.717) is 0 Å². The lowest BCUT2D eigenvalue weighted by atomic mass is 10.0. The minimum absolute atomic E-state index is 0.189. The summed E-state index contributed by atoms with van der Waals surface area (Å²) in [6.07, 6.45) is 3.06. The van der Waals surface area contributed by atoms with Crippen LogP contribution in [-0.4, -0.2) is 35.7 Å². The molecule has 1 fully saturated rings. The fourth-order valence-electron chi connectivity index (χ4n) is 3.09. The van der Waals surface area contributed by atoms with Crippen LogP contribution >= 0.6 is 0 Å². The number of benzene rings is 1. The molecule has 23 heavy (non-hydrogen) atoms. The molecule has 1 aromatic carbocycles. The molecule has 4 nitrogen and oxygen atoms in total. The van der Waals surface area contributed by atoms with Crippen molar-refractivity contribution in [2.45, 2.75) is 65.5 Å². The fraction of sp³-hybridized carbons (Fsp3) is 0.632. The number of hydrogen-bond donors (Lipinski definition) is 1. The third-order valence-corrected chi connectivity index (χ3v) is 4.25. The summed E-state index contributed by atoms with van der Waals surface area (Å²) < 4.78 is 5.57. The predicted molar refractivity (Wildman–Crippen MR) is 95.0 cm³/mol. The number of carbonyl (C=O) groups is 1.